The smallest absolute Gasteiger partial charge is 0.241 e. The molecule has 0 N–H and O–H groups in total. The molecule has 0 radical (unpaired) electrons. The number of nitrogens with zero attached hydrogens (tertiary/aromatic N) is 6. The number of anilines is 2. The highest BCUT2D eigenvalue weighted by Crippen LogP contribution is 2.21. The Balaban J connectivity index is 1.85. The van der Waals surface area contributed by atoms with Crippen LogP contribution in [0.25, 0.3) is 0 Å². The lowest BCUT2D eigenvalue weighted by Crippen LogP contribution is -2.35. The van der Waals surface area contributed by atoms with Crippen molar-refractivity contribution >= 4 is 29.4 Å². The Morgan fingerprint density at radius 2 is 1.52 bits per heavy atom. The van der Waals surface area contributed by atoms with Crippen molar-refractivity contribution in [1.29, 1.82) is 0 Å². The fraction of sp³-hybridized carbons (Fsp3) is 0.692. The molecule has 3 heterocycles. The number of amides is 1. The lowest BCUT2D eigenvalue weighted by molar-refractivity contribution is -0.127. The Hall–Kier alpha value is -1.63. The van der Waals surface area contributed by atoms with E-state index in [1.807, 2.05) is 11.9 Å². The predicted molar refractivity (Wildman–Crippen MR) is 80.8 cm³/mol. The van der Waals surface area contributed by atoms with E-state index in [1.165, 1.54) is 0 Å². The lowest BCUT2D eigenvalue weighted by atomic mass is 10.4. The van der Waals surface area contributed by atoms with Gasteiger partial charge in [-0.05, 0) is 30.9 Å². The van der Waals surface area contributed by atoms with Crippen molar-refractivity contribution in [1.82, 2.24) is 19.9 Å². The van der Waals surface area contributed by atoms with Crippen LogP contribution in [0, 0.1) is 0 Å². The largest absolute Gasteiger partial charge is 0.344 e. The van der Waals surface area contributed by atoms with Gasteiger partial charge in [0.15, 0.2) is 0 Å². The van der Waals surface area contributed by atoms with Crippen LogP contribution in [0.3, 0.4) is 0 Å². The Morgan fingerprint density at radius 1 is 0.905 bits per heavy atom. The van der Waals surface area contributed by atoms with Gasteiger partial charge in [-0.3, -0.25) is 4.79 Å². The summed E-state index contributed by atoms with van der Waals surface area (Å²) < 4.78 is 0. The molecule has 0 aromatic carbocycles. The predicted octanol–water partition coefficient (Wildman–Crippen LogP) is 0.794. The molecule has 0 atom stereocenters. The van der Waals surface area contributed by atoms with Gasteiger partial charge in [0.1, 0.15) is 0 Å². The highest BCUT2D eigenvalue weighted by molar-refractivity contribution is 6.28. The van der Waals surface area contributed by atoms with E-state index in [2.05, 4.69) is 19.9 Å². The second-order valence-electron chi connectivity index (χ2n) is 5.49. The van der Waals surface area contributed by atoms with Gasteiger partial charge in [0.2, 0.25) is 23.1 Å². The quantitative estimate of drug-likeness (QED) is 0.805. The number of carbonyl (C=O) groups is 1. The molecule has 2 fully saturated rings. The van der Waals surface area contributed by atoms with Gasteiger partial charge in [-0.15, -0.1) is 0 Å². The SMILES string of the molecule is CN1CCCN(c2nc(Cl)nc(N3CCCC3)n2)CC1=O. The molecule has 21 heavy (non-hydrogen) atoms. The van der Waals surface area contributed by atoms with Crippen molar-refractivity contribution < 1.29 is 4.79 Å². The second-order valence-corrected chi connectivity index (χ2v) is 5.83. The molecule has 0 saturated carbocycles. The molecule has 0 unspecified atom stereocenters. The second kappa shape index (κ2) is 6.01. The average Bonchev–Trinajstić information content (AvgIpc) is 2.94. The summed E-state index contributed by atoms with van der Waals surface area (Å²) in [7, 11) is 1.82. The minimum Gasteiger partial charge on any atom is -0.344 e. The molecule has 8 heteroatoms. The monoisotopic (exact) mass is 310 g/mol. The van der Waals surface area contributed by atoms with Crippen LogP contribution in [-0.2, 0) is 4.79 Å². The van der Waals surface area contributed by atoms with Gasteiger partial charge in [-0.25, -0.2) is 0 Å². The van der Waals surface area contributed by atoms with E-state index in [1.54, 1.807) is 4.90 Å². The average molecular weight is 311 g/mol. The van der Waals surface area contributed by atoms with Crippen molar-refractivity contribution in [2.75, 3.05) is 49.6 Å². The molecule has 2 saturated heterocycles. The Kier molecular flexibility index (Phi) is 4.10. The topological polar surface area (TPSA) is 65.5 Å². The van der Waals surface area contributed by atoms with Crippen LogP contribution in [0.5, 0.6) is 0 Å². The summed E-state index contributed by atoms with van der Waals surface area (Å²) >= 11 is 6.04. The van der Waals surface area contributed by atoms with Gasteiger partial charge in [0.25, 0.3) is 0 Å². The van der Waals surface area contributed by atoms with E-state index in [0.29, 0.717) is 11.9 Å². The minimum absolute atomic E-state index is 0.0757. The summed E-state index contributed by atoms with van der Waals surface area (Å²) in [6.07, 6.45) is 3.18. The van der Waals surface area contributed by atoms with Gasteiger partial charge < -0.3 is 14.7 Å². The van der Waals surface area contributed by atoms with E-state index in [0.717, 1.165) is 45.4 Å². The Labute approximate surface area is 128 Å². The molecule has 0 aliphatic carbocycles. The van der Waals surface area contributed by atoms with Crippen LogP contribution in [0.15, 0.2) is 0 Å². The van der Waals surface area contributed by atoms with E-state index < -0.39 is 0 Å². The minimum atomic E-state index is 0.0757. The Bertz CT molecular complexity index is 533. The van der Waals surface area contributed by atoms with Crippen LogP contribution in [0.4, 0.5) is 11.9 Å². The zero-order chi connectivity index (χ0) is 14.8. The van der Waals surface area contributed by atoms with Gasteiger partial charge in [-0.2, -0.15) is 15.0 Å². The van der Waals surface area contributed by atoms with Gasteiger partial charge in [-0.1, -0.05) is 0 Å². The van der Waals surface area contributed by atoms with E-state index >= 15 is 0 Å². The maximum atomic E-state index is 12.0. The van der Waals surface area contributed by atoms with Crippen molar-refractivity contribution in [3.8, 4) is 0 Å². The number of aromatic nitrogens is 3. The third-order valence-electron chi connectivity index (χ3n) is 3.93. The molecular weight excluding hydrogens is 292 g/mol. The third kappa shape index (κ3) is 3.18. The summed E-state index contributed by atoms with van der Waals surface area (Å²) in [4.78, 5) is 30.7. The van der Waals surface area contributed by atoms with E-state index in [9.17, 15) is 4.79 Å². The molecule has 1 aromatic rings. The number of hydrogen-bond donors (Lipinski definition) is 0. The Morgan fingerprint density at radius 3 is 2.24 bits per heavy atom. The zero-order valence-electron chi connectivity index (χ0n) is 12.1. The van der Waals surface area contributed by atoms with Crippen LogP contribution in [0.2, 0.25) is 5.28 Å². The van der Waals surface area contributed by atoms with E-state index in [-0.39, 0.29) is 17.7 Å². The molecule has 7 nitrogen and oxygen atoms in total. The van der Waals surface area contributed by atoms with Crippen LogP contribution in [-0.4, -0.2) is 65.5 Å². The molecule has 1 amide bonds. The maximum absolute atomic E-state index is 12.0. The van der Waals surface area contributed by atoms with Crippen LogP contribution in [0.1, 0.15) is 19.3 Å². The molecule has 2 aliphatic rings. The fourth-order valence-electron chi connectivity index (χ4n) is 2.69. The highest BCUT2D eigenvalue weighted by Gasteiger charge is 2.23. The summed E-state index contributed by atoms with van der Waals surface area (Å²) in [6.45, 7) is 3.68. The number of rotatable bonds is 2. The maximum Gasteiger partial charge on any atom is 0.241 e. The first-order valence-electron chi connectivity index (χ1n) is 7.29. The summed E-state index contributed by atoms with van der Waals surface area (Å²) in [5, 5.41) is 0.187. The first-order valence-corrected chi connectivity index (χ1v) is 7.67. The molecular formula is C13H19ClN6O. The van der Waals surface area contributed by atoms with Gasteiger partial charge in [0.05, 0.1) is 6.54 Å². The number of hydrogen-bond acceptors (Lipinski definition) is 6. The first kappa shape index (κ1) is 14.3. The molecule has 0 bridgehead atoms. The molecule has 1 aromatic heterocycles. The third-order valence-corrected chi connectivity index (χ3v) is 4.10. The van der Waals surface area contributed by atoms with Crippen molar-refractivity contribution in [3.63, 3.8) is 0 Å². The van der Waals surface area contributed by atoms with Crippen molar-refractivity contribution in [2.24, 2.45) is 0 Å². The van der Waals surface area contributed by atoms with Gasteiger partial charge >= 0.3 is 0 Å². The summed E-state index contributed by atoms with van der Waals surface area (Å²) in [5.74, 6) is 1.19. The van der Waals surface area contributed by atoms with Crippen LogP contribution < -0.4 is 9.80 Å². The zero-order valence-corrected chi connectivity index (χ0v) is 12.9. The molecule has 0 spiro atoms. The lowest BCUT2D eigenvalue weighted by Gasteiger charge is -2.22. The fourth-order valence-corrected chi connectivity index (χ4v) is 2.84. The van der Waals surface area contributed by atoms with Crippen molar-refractivity contribution in [3.05, 3.63) is 5.28 Å². The number of carbonyl (C=O) groups excluding carboxylic acids is 1. The molecule has 114 valence electrons. The van der Waals surface area contributed by atoms with Crippen molar-refractivity contribution in [2.45, 2.75) is 19.3 Å². The van der Waals surface area contributed by atoms with Gasteiger partial charge in [0, 0.05) is 33.2 Å². The molecule has 3 rings (SSSR count). The summed E-state index contributed by atoms with van der Waals surface area (Å²) in [5.41, 5.74) is 0. The number of likely N-dealkylation sites (N-methyl/N-ethyl adjacent to an activating group) is 1. The van der Waals surface area contributed by atoms with E-state index in [4.69, 9.17) is 11.6 Å². The highest BCUT2D eigenvalue weighted by atomic mass is 35.5. The molecule has 2 aliphatic heterocycles. The standard InChI is InChI=1S/C13H19ClN6O/c1-18-5-4-8-20(9-10(18)21)13-16-11(14)15-12(17-13)19-6-2-3-7-19/h2-9H2,1H3. The first-order chi connectivity index (χ1) is 10.1. The van der Waals surface area contributed by atoms with Crippen LogP contribution >= 0.6 is 11.6 Å². The summed E-state index contributed by atoms with van der Waals surface area (Å²) in [6, 6.07) is 0. The normalized spacial score (nSPS) is 20.1. The number of halogens is 1.